The minimum Gasteiger partial charge on any atom is -0.351 e. The monoisotopic (exact) mass is 561 g/mol. The highest BCUT2D eigenvalue weighted by atomic mass is 35.5. The van der Waals surface area contributed by atoms with Crippen LogP contribution >= 0.6 is 11.6 Å². The molecule has 1 amide bonds. The topological polar surface area (TPSA) is 92.5 Å². The first-order valence-electron chi connectivity index (χ1n) is 12.7. The zero-order valence-electron chi connectivity index (χ0n) is 21.8. The average molecular weight is 562 g/mol. The van der Waals surface area contributed by atoms with Crippen LogP contribution in [0.2, 0.25) is 5.02 Å². The Morgan fingerprint density at radius 1 is 0.872 bits per heavy atom. The number of nitrogens with zero attached hydrogens (tertiary/aromatic N) is 1. The predicted molar refractivity (Wildman–Crippen MR) is 157 cm³/mol. The molecule has 39 heavy (non-hydrogen) atoms. The van der Waals surface area contributed by atoms with E-state index in [0.717, 1.165) is 27.8 Å². The van der Waals surface area contributed by atoms with Crippen LogP contribution in [-0.2, 0) is 27.9 Å². The van der Waals surface area contributed by atoms with Gasteiger partial charge in [-0.2, -0.15) is 4.31 Å². The largest absolute Gasteiger partial charge is 0.351 e. The van der Waals surface area contributed by atoms with Crippen molar-refractivity contribution >= 4 is 27.5 Å². The van der Waals surface area contributed by atoms with Crippen molar-refractivity contribution in [3.63, 3.8) is 0 Å². The molecule has 4 aromatic carbocycles. The van der Waals surface area contributed by atoms with Gasteiger partial charge in [0, 0.05) is 30.2 Å². The Morgan fingerprint density at radius 3 is 2.13 bits per heavy atom. The van der Waals surface area contributed by atoms with E-state index >= 15 is 0 Å². The summed E-state index contributed by atoms with van der Waals surface area (Å²) in [6.45, 7) is 2.54. The van der Waals surface area contributed by atoms with Gasteiger partial charge in [-0.25, -0.2) is 8.42 Å². The summed E-state index contributed by atoms with van der Waals surface area (Å²) in [7, 11) is -3.97. The molecule has 0 heterocycles. The number of sulfonamides is 1. The van der Waals surface area contributed by atoms with Crippen molar-refractivity contribution < 1.29 is 13.2 Å². The van der Waals surface area contributed by atoms with Crippen LogP contribution in [0.25, 0.3) is 11.1 Å². The second-order valence-corrected chi connectivity index (χ2v) is 11.8. The van der Waals surface area contributed by atoms with Crippen molar-refractivity contribution in [2.75, 3.05) is 13.1 Å². The van der Waals surface area contributed by atoms with Gasteiger partial charge in [-0.3, -0.25) is 4.79 Å². The minimum absolute atomic E-state index is 0.115. The molecule has 1 unspecified atom stereocenters. The third kappa shape index (κ3) is 7.34. The van der Waals surface area contributed by atoms with E-state index < -0.39 is 10.0 Å². The number of nitrogens with one attached hydrogen (secondary N) is 1. The minimum atomic E-state index is -3.97. The van der Waals surface area contributed by atoms with Crippen LogP contribution in [0.4, 0.5) is 0 Å². The van der Waals surface area contributed by atoms with E-state index in [1.165, 1.54) is 4.31 Å². The molecule has 0 aliphatic carbocycles. The van der Waals surface area contributed by atoms with Crippen LogP contribution in [-0.4, -0.2) is 31.7 Å². The summed E-state index contributed by atoms with van der Waals surface area (Å²) in [6, 6.07) is 31.3. The molecular weight excluding hydrogens is 530 g/mol. The highest BCUT2D eigenvalue weighted by Gasteiger charge is 2.28. The Bertz CT molecular complexity index is 1490. The number of carbonyl (C=O) groups is 1. The highest BCUT2D eigenvalue weighted by Crippen LogP contribution is 2.29. The predicted octanol–water partition coefficient (Wildman–Crippen LogP) is 5.58. The molecule has 0 fully saturated rings. The van der Waals surface area contributed by atoms with E-state index in [1.807, 2.05) is 79.7 Å². The molecule has 4 aromatic rings. The summed E-state index contributed by atoms with van der Waals surface area (Å²) in [5.74, 6) is -0.505. The Morgan fingerprint density at radius 2 is 1.49 bits per heavy atom. The lowest BCUT2D eigenvalue weighted by Gasteiger charge is -2.25. The molecule has 0 aliphatic rings. The molecule has 8 heteroatoms. The number of benzene rings is 4. The van der Waals surface area contributed by atoms with Crippen molar-refractivity contribution in [2.45, 2.75) is 30.8 Å². The number of hydrogen-bond donors (Lipinski definition) is 2. The summed E-state index contributed by atoms with van der Waals surface area (Å²) >= 11 is 6.32. The average Bonchev–Trinajstić information content (AvgIpc) is 2.96. The molecule has 0 saturated carbocycles. The fourth-order valence-corrected chi connectivity index (χ4v) is 6.03. The van der Waals surface area contributed by atoms with Gasteiger partial charge in [0.15, 0.2) is 0 Å². The van der Waals surface area contributed by atoms with Gasteiger partial charge in [0.25, 0.3) is 0 Å². The molecule has 0 saturated heterocycles. The lowest BCUT2D eigenvalue weighted by atomic mass is 10.0. The highest BCUT2D eigenvalue weighted by molar-refractivity contribution is 7.89. The van der Waals surface area contributed by atoms with Gasteiger partial charge >= 0.3 is 0 Å². The second kappa shape index (κ2) is 13.0. The number of carbonyl (C=O) groups excluding carboxylic acids is 1. The third-order valence-corrected chi connectivity index (χ3v) is 8.75. The van der Waals surface area contributed by atoms with E-state index in [1.54, 1.807) is 30.3 Å². The van der Waals surface area contributed by atoms with Crippen molar-refractivity contribution in [1.82, 2.24) is 9.62 Å². The maximum atomic E-state index is 13.8. The number of nitrogens with two attached hydrogens (primary N) is 1. The van der Waals surface area contributed by atoms with Crippen LogP contribution < -0.4 is 11.1 Å². The first-order chi connectivity index (χ1) is 18.8. The fourth-order valence-electron chi connectivity index (χ4n) is 4.30. The normalized spacial score (nSPS) is 12.3. The van der Waals surface area contributed by atoms with Gasteiger partial charge in [-0.1, -0.05) is 103 Å². The van der Waals surface area contributed by atoms with E-state index in [9.17, 15) is 13.2 Å². The van der Waals surface area contributed by atoms with Gasteiger partial charge in [0.05, 0.1) is 11.4 Å². The Kier molecular flexibility index (Phi) is 9.54. The van der Waals surface area contributed by atoms with Gasteiger partial charge < -0.3 is 11.1 Å². The lowest BCUT2D eigenvalue weighted by Crippen LogP contribution is -2.42. The summed E-state index contributed by atoms with van der Waals surface area (Å²) in [5, 5.41) is 3.43. The molecule has 0 radical (unpaired) electrons. The zero-order valence-corrected chi connectivity index (χ0v) is 23.3. The van der Waals surface area contributed by atoms with Gasteiger partial charge in [-0.05, 0) is 46.4 Å². The Labute approximate surface area is 235 Å². The summed E-state index contributed by atoms with van der Waals surface area (Å²) in [6.07, 6.45) is 0. The standard InChI is InChI=1S/C31H32ClN3O3S/c1-23(26-7-3-2-4-8-26)21-35(22-31(36)34-20-25-13-11-24(19-33)12-14-25)39(37,38)28-17-15-27(16-18-28)29-9-5-6-10-30(29)32/h2-18,23H,19-22,33H2,1H3,(H,34,36). The molecule has 0 bridgehead atoms. The van der Waals surface area contributed by atoms with Gasteiger partial charge in [0.1, 0.15) is 0 Å². The Balaban J connectivity index is 1.55. The van der Waals surface area contributed by atoms with Crippen LogP contribution in [0.1, 0.15) is 29.5 Å². The van der Waals surface area contributed by atoms with E-state index in [4.69, 9.17) is 17.3 Å². The molecule has 4 rings (SSSR count). The van der Waals surface area contributed by atoms with Crippen LogP contribution in [0.5, 0.6) is 0 Å². The maximum Gasteiger partial charge on any atom is 0.243 e. The molecule has 1 atom stereocenters. The first-order valence-corrected chi connectivity index (χ1v) is 14.5. The molecule has 0 spiro atoms. The Hall–Kier alpha value is -3.49. The second-order valence-electron chi connectivity index (χ2n) is 9.41. The lowest BCUT2D eigenvalue weighted by molar-refractivity contribution is -0.121. The van der Waals surface area contributed by atoms with Crippen LogP contribution in [0, 0.1) is 0 Å². The fraction of sp³-hybridized carbons (Fsp3) is 0.194. The number of halogens is 1. The van der Waals surface area contributed by atoms with Crippen molar-refractivity contribution in [3.05, 3.63) is 125 Å². The van der Waals surface area contributed by atoms with E-state index in [0.29, 0.717) is 18.1 Å². The molecular formula is C31H32ClN3O3S. The molecule has 202 valence electrons. The van der Waals surface area contributed by atoms with Gasteiger partial charge in [0.2, 0.25) is 15.9 Å². The maximum absolute atomic E-state index is 13.8. The first kappa shape index (κ1) is 28.5. The SMILES string of the molecule is CC(CN(CC(=O)NCc1ccc(CN)cc1)S(=O)(=O)c1ccc(-c2ccccc2Cl)cc1)c1ccccc1. The third-order valence-electron chi connectivity index (χ3n) is 6.59. The number of hydrogen-bond acceptors (Lipinski definition) is 4. The number of rotatable bonds is 11. The summed E-state index contributed by atoms with van der Waals surface area (Å²) in [4.78, 5) is 13.1. The molecule has 0 aliphatic heterocycles. The summed E-state index contributed by atoms with van der Waals surface area (Å²) < 4.78 is 28.9. The smallest absolute Gasteiger partial charge is 0.243 e. The van der Waals surface area contributed by atoms with E-state index in [-0.39, 0.29) is 29.8 Å². The van der Waals surface area contributed by atoms with Crippen molar-refractivity contribution in [1.29, 1.82) is 0 Å². The number of amides is 1. The summed E-state index contributed by atoms with van der Waals surface area (Å²) in [5.41, 5.74) is 10.2. The van der Waals surface area contributed by atoms with E-state index in [2.05, 4.69) is 5.32 Å². The molecule has 6 nitrogen and oxygen atoms in total. The molecule has 0 aromatic heterocycles. The van der Waals surface area contributed by atoms with Crippen molar-refractivity contribution in [3.8, 4) is 11.1 Å². The molecule has 3 N–H and O–H groups in total. The van der Waals surface area contributed by atoms with Crippen LogP contribution in [0.3, 0.4) is 0 Å². The zero-order chi connectivity index (χ0) is 27.8. The van der Waals surface area contributed by atoms with Gasteiger partial charge in [-0.15, -0.1) is 0 Å². The van der Waals surface area contributed by atoms with Crippen molar-refractivity contribution in [2.24, 2.45) is 5.73 Å². The quantitative estimate of drug-likeness (QED) is 0.250. The van der Waals surface area contributed by atoms with Crippen LogP contribution in [0.15, 0.2) is 108 Å².